The molecule has 1 aliphatic rings. The summed E-state index contributed by atoms with van der Waals surface area (Å²) >= 11 is 0. The van der Waals surface area contributed by atoms with Crippen molar-refractivity contribution in [2.24, 2.45) is 7.05 Å². The number of carbonyl (C=O) groups is 1. The molecule has 0 unspecified atom stereocenters. The van der Waals surface area contributed by atoms with Crippen molar-refractivity contribution < 1.29 is 31.1 Å². The molecular formula is C21H17F6N5O. The number of hydrogen-bond acceptors (Lipinski definition) is 4. The molecule has 3 aromatic heterocycles. The number of alkyl halides is 6. The Morgan fingerprint density at radius 2 is 1.76 bits per heavy atom. The van der Waals surface area contributed by atoms with E-state index in [2.05, 4.69) is 20.4 Å². The highest BCUT2D eigenvalue weighted by Gasteiger charge is 2.36. The average molecular weight is 469 g/mol. The smallest absolute Gasteiger partial charge is 0.348 e. The number of aryl methyl sites for hydroxylation is 2. The molecule has 33 heavy (non-hydrogen) atoms. The molecule has 12 heteroatoms. The highest BCUT2D eigenvalue weighted by molar-refractivity contribution is 5.93. The summed E-state index contributed by atoms with van der Waals surface area (Å²) in [6, 6.07) is 4.32. The van der Waals surface area contributed by atoms with Crippen LogP contribution in [-0.4, -0.2) is 31.7 Å². The maximum absolute atomic E-state index is 13.0. The molecule has 0 bridgehead atoms. The Bertz CT molecular complexity index is 1200. The van der Waals surface area contributed by atoms with Gasteiger partial charge in [0.05, 0.1) is 5.69 Å². The predicted molar refractivity (Wildman–Crippen MR) is 104 cm³/mol. The molecule has 6 nitrogen and oxygen atoms in total. The number of nitrogens with one attached hydrogen (secondary N) is 1. The Hall–Kier alpha value is -3.44. The quantitative estimate of drug-likeness (QED) is 0.584. The van der Waals surface area contributed by atoms with Crippen LogP contribution in [0.4, 0.5) is 26.3 Å². The number of aromatic nitrogens is 4. The van der Waals surface area contributed by atoms with Gasteiger partial charge in [0.15, 0.2) is 5.69 Å². The molecule has 4 rings (SSSR count). The van der Waals surface area contributed by atoms with Crippen molar-refractivity contribution in [3.63, 3.8) is 0 Å². The highest BCUT2D eigenvalue weighted by Crippen LogP contribution is 2.32. The van der Waals surface area contributed by atoms with Crippen LogP contribution in [0.25, 0.3) is 11.3 Å². The maximum atomic E-state index is 13.0. The van der Waals surface area contributed by atoms with Crippen LogP contribution in [0.2, 0.25) is 0 Å². The Morgan fingerprint density at radius 3 is 2.42 bits per heavy atom. The lowest BCUT2D eigenvalue weighted by molar-refractivity contribution is -0.142. The number of carbonyl (C=O) groups excluding carboxylic acids is 1. The van der Waals surface area contributed by atoms with Gasteiger partial charge in [0, 0.05) is 37.1 Å². The Labute approximate surface area is 183 Å². The van der Waals surface area contributed by atoms with E-state index in [4.69, 9.17) is 0 Å². The van der Waals surface area contributed by atoms with Crippen LogP contribution in [0.15, 0.2) is 36.7 Å². The second-order valence-corrected chi connectivity index (χ2v) is 7.72. The third-order valence-corrected chi connectivity index (χ3v) is 5.40. The Balaban J connectivity index is 1.52. The molecule has 0 aliphatic heterocycles. The van der Waals surface area contributed by atoms with Crippen LogP contribution in [0.3, 0.4) is 0 Å². The largest absolute Gasteiger partial charge is 0.435 e. The number of rotatable bonds is 3. The summed E-state index contributed by atoms with van der Waals surface area (Å²) in [5, 5.41) is 6.06. The van der Waals surface area contributed by atoms with Gasteiger partial charge in [-0.2, -0.15) is 31.4 Å². The molecule has 1 amide bonds. The molecule has 0 spiro atoms. The van der Waals surface area contributed by atoms with Crippen LogP contribution >= 0.6 is 0 Å². The summed E-state index contributed by atoms with van der Waals surface area (Å²) in [5.41, 5.74) is -0.137. The maximum Gasteiger partial charge on any atom is 0.435 e. The number of halogens is 6. The van der Waals surface area contributed by atoms with Gasteiger partial charge in [-0.15, -0.1) is 0 Å². The lowest BCUT2D eigenvalue weighted by Gasteiger charge is -2.25. The third-order valence-electron chi connectivity index (χ3n) is 5.40. The van der Waals surface area contributed by atoms with Gasteiger partial charge in [-0.3, -0.25) is 19.4 Å². The first kappa shape index (κ1) is 22.7. The molecule has 0 radical (unpaired) electrons. The summed E-state index contributed by atoms with van der Waals surface area (Å²) in [6.45, 7) is 0. The van der Waals surface area contributed by atoms with Gasteiger partial charge >= 0.3 is 12.4 Å². The average Bonchev–Trinajstić information content (AvgIpc) is 3.15. The molecule has 0 saturated heterocycles. The van der Waals surface area contributed by atoms with Crippen molar-refractivity contribution in [2.45, 2.75) is 37.7 Å². The number of fused-ring (bicyclic) bond motifs is 1. The van der Waals surface area contributed by atoms with E-state index in [1.165, 1.54) is 13.1 Å². The topological polar surface area (TPSA) is 72.7 Å². The molecule has 1 atom stereocenters. The van der Waals surface area contributed by atoms with Crippen molar-refractivity contribution in [3.8, 4) is 11.3 Å². The van der Waals surface area contributed by atoms with E-state index in [0.717, 1.165) is 28.1 Å². The summed E-state index contributed by atoms with van der Waals surface area (Å²) in [4.78, 5) is 20.1. The van der Waals surface area contributed by atoms with Gasteiger partial charge in [0.1, 0.15) is 11.4 Å². The first-order valence-corrected chi connectivity index (χ1v) is 9.85. The van der Waals surface area contributed by atoms with E-state index in [-0.39, 0.29) is 17.3 Å². The van der Waals surface area contributed by atoms with Crippen molar-refractivity contribution in [1.29, 1.82) is 0 Å². The third kappa shape index (κ3) is 4.83. The monoisotopic (exact) mass is 469 g/mol. The Kier molecular flexibility index (Phi) is 5.62. The number of nitrogens with zero attached hydrogens (tertiary/aromatic N) is 4. The number of pyridine rings is 2. The highest BCUT2D eigenvalue weighted by atomic mass is 19.4. The first-order valence-electron chi connectivity index (χ1n) is 9.85. The van der Waals surface area contributed by atoms with E-state index in [9.17, 15) is 31.1 Å². The number of amides is 1. The fraction of sp³-hybridized carbons (Fsp3) is 0.333. The molecule has 3 heterocycles. The molecule has 0 saturated carbocycles. The first-order chi connectivity index (χ1) is 15.4. The molecule has 0 fully saturated rings. The van der Waals surface area contributed by atoms with E-state index in [0.29, 0.717) is 31.0 Å². The van der Waals surface area contributed by atoms with Crippen LogP contribution in [0, 0.1) is 0 Å². The zero-order chi connectivity index (χ0) is 24.0. The lowest BCUT2D eigenvalue weighted by atomic mass is 9.88. The lowest BCUT2D eigenvalue weighted by Crippen LogP contribution is -2.39. The zero-order valence-corrected chi connectivity index (χ0v) is 17.1. The van der Waals surface area contributed by atoms with Crippen LogP contribution in [0.1, 0.15) is 39.4 Å². The summed E-state index contributed by atoms with van der Waals surface area (Å²) in [6.07, 6.45) is -5.15. The summed E-state index contributed by atoms with van der Waals surface area (Å²) < 4.78 is 78.4. The molecule has 1 N–H and O–H groups in total. The van der Waals surface area contributed by atoms with Crippen molar-refractivity contribution in [1.82, 2.24) is 25.1 Å². The normalized spacial score (nSPS) is 16.4. The van der Waals surface area contributed by atoms with Crippen LogP contribution in [-0.2, 0) is 32.2 Å². The second-order valence-electron chi connectivity index (χ2n) is 7.72. The van der Waals surface area contributed by atoms with Gasteiger partial charge < -0.3 is 5.32 Å². The van der Waals surface area contributed by atoms with E-state index in [1.54, 1.807) is 12.3 Å². The Morgan fingerprint density at radius 1 is 1.03 bits per heavy atom. The standard InChI is InChI=1S/C21H17F6N5O/c1-32-16(9-18(31-32)21(25,26)27)19(33)30-14-3-2-12-10-29-15(7-13(12)6-14)11-4-5-28-17(8-11)20(22,23)24/h4-5,7-10,14H,2-3,6H2,1H3,(H,30,33)/t14-/m1/s1. The molecular weight excluding hydrogens is 452 g/mol. The van der Waals surface area contributed by atoms with Gasteiger partial charge in [0.25, 0.3) is 5.91 Å². The zero-order valence-electron chi connectivity index (χ0n) is 17.1. The summed E-state index contributed by atoms with van der Waals surface area (Å²) in [5.74, 6) is -0.688. The summed E-state index contributed by atoms with van der Waals surface area (Å²) in [7, 11) is 1.25. The molecule has 3 aromatic rings. The fourth-order valence-electron chi connectivity index (χ4n) is 3.74. The van der Waals surface area contributed by atoms with Crippen molar-refractivity contribution in [3.05, 3.63) is 64.9 Å². The van der Waals surface area contributed by atoms with Crippen molar-refractivity contribution >= 4 is 5.91 Å². The van der Waals surface area contributed by atoms with Gasteiger partial charge in [-0.05, 0) is 48.6 Å². The minimum Gasteiger partial charge on any atom is -0.348 e. The van der Waals surface area contributed by atoms with Crippen molar-refractivity contribution in [2.75, 3.05) is 0 Å². The van der Waals surface area contributed by atoms with Gasteiger partial charge in [-0.25, -0.2) is 0 Å². The molecule has 0 aromatic carbocycles. The fourth-order valence-corrected chi connectivity index (χ4v) is 3.74. The van der Waals surface area contributed by atoms with E-state index < -0.39 is 29.6 Å². The molecule has 1 aliphatic carbocycles. The van der Waals surface area contributed by atoms with Gasteiger partial charge in [0.2, 0.25) is 0 Å². The minimum absolute atomic E-state index is 0.222. The minimum atomic E-state index is -4.66. The van der Waals surface area contributed by atoms with Gasteiger partial charge in [-0.1, -0.05) is 0 Å². The van der Waals surface area contributed by atoms with Crippen LogP contribution < -0.4 is 5.32 Å². The second kappa shape index (κ2) is 8.16. The SMILES string of the molecule is Cn1nc(C(F)(F)F)cc1C(=O)N[C@@H]1CCc2cnc(-c3ccnc(C(F)(F)F)c3)cc2C1. The van der Waals surface area contributed by atoms with E-state index >= 15 is 0 Å². The van der Waals surface area contributed by atoms with E-state index in [1.807, 2.05) is 0 Å². The van der Waals surface area contributed by atoms with Crippen LogP contribution in [0.5, 0.6) is 0 Å². The predicted octanol–water partition coefficient (Wildman–Crippen LogP) is 4.20. The number of hydrogen-bond donors (Lipinski definition) is 1. The molecule has 174 valence electrons.